The van der Waals surface area contributed by atoms with E-state index >= 15 is 0 Å². The van der Waals surface area contributed by atoms with Crippen LogP contribution in [0.3, 0.4) is 0 Å². The number of halogens is 1. The van der Waals surface area contributed by atoms with Gasteiger partial charge in [-0.1, -0.05) is 26.0 Å². The first-order chi connectivity index (χ1) is 13.0. The van der Waals surface area contributed by atoms with Gasteiger partial charge in [-0.25, -0.2) is 0 Å². The summed E-state index contributed by atoms with van der Waals surface area (Å²) in [5.74, 6) is 1.76. The minimum Gasteiger partial charge on any atom is -0.497 e. The van der Waals surface area contributed by atoms with E-state index in [2.05, 4.69) is 21.2 Å². The van der Waals surface area contributed by atoms with Crippen LogP contribution in [0.1, 0.15) is 48.7 Å². The molecule has 0 aromatic heterocycles. The molecule has 2 rings (SSSR count). The van der Waals surface area contributed by atoms with Crippen LogP contribution in [-0.4, -0.2) is 26.7 Å². The van der Waals surface area contributed by atoms with Gasteiger partial charge in [0.15, 0.2) is 11.5 Å². The minimum atomic E-state index is -0.168. The zero-order chi connectivity index (χ0) is 19.8. The highest BCUT2D eigenvalue weighted by atomic mass is 79.9. The zero-order valence-corrected chi connectivity index (χ0v) is 17.8. The van der Waals surface area contributed by atoms with E-state index in [-0.39, 0.29) is 11.9 Å². The Hall–Kier alpha value is -2.21. The van der Waals surface area contributed by atoms with Gasteiger partial charge in [-0.05, 0) is 58.6 Å². The Bertz CT molecular complexity index is 762. The second-order valence-corrected chi connectivity index (χ2v) is 6.90. The van der Waals surface area contributed by atoms with Gasteiger partial charge in [0.1, 0.15) is 5.75 Å². The highest BCUT2D eigenvalue weighted by molar-refractivity contribution is 9.10. The van der Waals surface area contributed by atoms with E-state index in [1.54, 1.807) is 26.4 Å². The lowest BCUT2D eigenvalue weighted by Gasteiger charge is -2.19. The molecule has 6 heteroatoms. The Labute approximate surface area is 169 Å². The molecule has 2 aromatic carbocycles. The van der Waals surface area contributed by atoms with Crippen molar-refractivity contribution < 1.29 is 19.0 Å². The molecule has 1 atom stereocenters. The number of hydrogen-bond donors (Lipinski definition) is 1. The number of hydrogen-bond acceptors (Lipinski definition) is 4. The van der Waals surface area contributed by atoms with Crippen LogP contribution in [0.2, 0.25) is 0 Å². The van der Waals surface area contributed by atoms with Crippen LogP contribution in [0.4, 0.5) is 0 Å². The van der Waals surface area contributed by atoms with Crippen molar-refractivity contribution in [1.29, 1.82) is 0 Å². The number of ether oxygens (including phenoxy) is 3. The van der Waals surface area contributed by atoms with Gasteiger partial charge in [0, 0.05) is 5.56 Å². The highest BCUT2D eigenvalue weighted by Crippen LogP contribution is 2.37. The summed E-state index contributed by atoms with van der Waals surface area (Å²) in [6, 6.07) is 11.1. The molecule has 0 radical (unpaired) electrons. The molecular weight excluding hydrogens is 410 g/mol. The van der Waals surface area contributed by atoms with Crippen molar-refractivity contribution >= 4 is 21.8 Å². The Kier molecular flexibility index (Phi) is 7.98. The average molecular weight is 436 g/mol. The molecule has 0 aliphatic rings. The summed E-state index contributed by atoms with van der Waals surface area (Å²) >= 11 is 3.48. The maximum Gasteiger partial charge on any atom is 0.251 e. The summed E-state index contributed by atoms with van der Waals surface area (Å²) in [4.78, 5) is 12.8. The Morgan fingerprint density at radius 1 is 1.11 bits per heavy atom. The van der Waals surface area contributed by atoms with Crippen LogP contribution in [0.5, 0.6) is 17.2 Å². The molecule has 0 heterocycles. The fraction of sp³-hybridized carbons (Fsp3) is 0.381. The van der Waals surface area contributed by atoms with Crippen LogP contribution < -0.4 is 19.5 Å². The van der Waals surface area contributed by atoms with Gasteiger partial charge < -0.3 is 19.5 Å². The Morgan fingerprint density at radius 3 is 2.37 bits per heavy atom. The largest absolute Gasteiger partial charge is 0.497 e. The molecule has 0 spiro atoms. The second-order valence-electron chi connectivity index (χ2n) is 6.05. The third kappa shape index (κ3) is 5.39. The first-order valence-electron chi connectivity index (χ1n) is 8.99. The molecule has 1 unspecified atom stereocenters. The van der Waals surface area contributed by atoms with Crippen molar-refractivity contribution in [3.63, 3.8) is 0 Å². The van der Waals surface area contributed by atoms with Crippen LogP contribution in [-0.2, 0) is 0 Å². The third-order valence-corrected chi connectivity index (χ3v) is 4.76. The quantitative estimate of drug-likeness (QED) is 0.592. The Morgan fingerprint density at radius 2 is 1.81 bits per heavy atom. The molecule has 1 N–H and O–H groups in total. The predicted molar refractivity (Wildman–Crippen MR) is 110 cm³/mol. The summed E-state index contributed by atoms with van der Waals surface area (Å²) < 4.78 is 17.0. The lowest BCUT2D eigenvalue weighted by Crippen LogP contribution is -2.28. The van der Waals surface area contributed by atoms with Gasteiger partial charge >= 0.3 is 0 Å². The topological polar surface area (TPSA) is 56.8 Å². The first-order valence-corrected chi connectivity index (χ1v) is 9.78. The van der Waals surface area contributed by atoms with Crippen LogP contribution in [0.15, 0.2) is 40.9 Å². The molecule has 1 amide bonds. The van der Waals surface area contributed by atoms with Crippen molar-refractivity contribution in [1.82, 2.24) is 5.32 Å². The monoisotopic (exact) mass is 435 g/mol. The normalized spacial score (nSPS) is 11.6. The second kappa shape index (κ2) is 10.2. The molecule has 0 aliphatic heterocycles. The van der Waals surface area contributed by atoms with E-state index in [0.29, 0.717) is 28.1 Å². The molecule has 2 aromatic rings. The maximum absolute atomic E-state index is 12.8. The number of rotatable bonds is 9. The average Bonchev–Trinajstić information content (AvgIpc) is 2.70. The van der Waals surface area contributed by atoms with Gasteiger partial charge in [0.05, 0.1) is 31.3 Å². The molecule has 0 bridgehead atoms. The SMILES string of the molecule is CCCOc1c(Br)cc(C(=O)NC(CC)c2ccc(OC)cc2)cc1OC. The molecule has 0 saturated heterocycles. The minimum absolute atomic E-state index is 0.0933. The van der Waals surface area contributed by atoms with Crippen LogP contribution >= 0.6 is 15.9 Å². The van der Waals surface area contributed by atoms with Crippen molar-refractivity contribution in [3.8, 4) is 17.2 Å². The number of benzene rings is 2. The smallest absolute Gasteiger partial charge is 0.251 e. The first kappa shape index (κ1) is 21.1. The maximum atomic E-state index is 12.8. The molecule has 5 nitrogen and oxygen atoms in total. The summed E-state index contributed by atoms with van der Waals surface area (Å²) in [6.45, 7) is 4.65. The molecule has 27 heavy (non-hydrogen) atoms. The predicted octanol–water partition coefficient (Wildman–Crippen LogP) is 5.14. The van der Waals surface area contributed by atoms with Crippen molar-refractivity contribution in [2.75, 3.05) is 20.8 Å². The zero-order valence-electron chi connectivity index (χ0n) is 16.2. The summed E-state index contributed by atoms with van der Waals surface area (Å²) in [5.41, 5.74) is 1.54. The molecule has 0 aliphatic carbocycles. The molecule has 0 saturated carbocycles. The number of amides is 1. The van der Waals surface area contributed by atoms with E-state index in [1.165, 1.54) is 0 Å². The van der Waals surface area contributed by atoms with E-state index in [9.17, 15) is 4.79 Å². The van der Waals surface area contributed by atoms with Crippen molar-refractivity contribution in [2.45, 2.75) is 32.7 Å². The van der Waals surface area contributed by atoms with Crippen molar-refractivity contribution in [3.05, 3.63) is 52.0 Å². The number of carbonyl (C=O) groups excluding carboxylic acids is 1. The van der Waals surface area contributed by atoms with Gasteiger partial charge in [0.2, 0.25) is 0 Å². The Balaban J connectivity index is 2.21. The third-order valence-electron chi connectivity index (χ3n) is 4.17. The number of methoxy groups -OCH3 is 2. The van der Waals surface area contributed by atoms with E-state index < -0.39 is 0 Å². The molecular formula is C21H26BrNO4. The van der Waals surface area contributed by atoms with E-state index in [1.807, 2.05) is 38.1 Å². The lowest BCUT2D eigenvalue weighted by molar-refractivity contribution is 0.0935. The fourth-order valence-electron chi connectivity index (χ4n) is 2.69. The van der Waals surface area contributed by atoms with Gasteiger partial charge in [-0.3, -0.25) is 4.79 Å². The molecule has 0 fully saturated rings. The van der Waals surface area contributed by atoms with Crippen LogP contribution in [0.25, 0.3) is 0 Å². The lowest BCUT2D eigenvalue weighted by atomic mass is 10.0. The highest BCUT2D eigenvalue weighted by Gasteiger charge is 2.18. The van der Waals surface area contributed by atoms with Gasteiger partial charge in [-0.15, -0.1) is 0 Å². The van der Waals surface area contributed by atoms with Crippen molar-refractivity contribution in [2.24, 2.45) is 0 Å². The van der Waals surface area contributed by atoms with Gasteiger partial charge in [0.25, 0.3) is 5.91 Å². The fourth-order valence-corrected chi connectivity index (χ4v) is 3.25. The summed E-state index contributed by atoms with van der Waals surface area (Å²) in [5, 5.41) is 3.08. The number of nitrogens with one attached hydrogen (secondary N) is 1. The molecule has 146 valence electrons. The summed E-state index contributed by atoms with van der Waals surface area (Å²) in [7, 11) is 3.20. The standard InChI is InChI=1S/C21H26BrNO4/c1-5-11-27-20-17(22)12-15(13-19(20)26-4)21(24)23-18(6-2)14-7-9-16(25-3)10-8-14/h7-10,12-13,18H,5-6,11H2,1-4H3,(H,23,24). The van der Waals surface area contributed by atoms with Gasteiger partial charge in [-0.2, -0.15) is 0 Å². The number of carbonyl (C=O) groups is 1. The van der Waals surface area contributed by atoms with E-state index in [0.717, 1.165) is 24.2 Å². The summed E-state index contributed by atoms with van der Waals surface area (Å²) in [6.07, 6.45) is 1.66. The van der Waals surface area contributed by atoms with E-state index in [4.69, 9.17) is 14.2 Å². The van der Waals surface area contributed by atoms with Crippen LogP contribution in [0, 0.1) is 0 Å².